The summed E-state index contributed by atoms with van der Waals surface area (Å²) in [6.45, 7) is 2.16. The average molecular weight is 305 g/mol. The molecular weight excluding hydrogens is 294 g/mol. The number of rotatable bonds is 0. The van der Waals surface area contributed by atoms with E-state index in [1.54, 1.807) is 12.1 Å². The summed E-state index contributed by atoms with van der Waals surface area (Å²) in [6.07, 6.45) is 0. The van der Waals surface area contributed by atoms with Crippen LogP contribution in [0.1, 0.15) is 5.56 Å². The van der Waals surface area contributed by atoms with E-state index in [4.69, 9.17) is 13.9 Å². The van der Waals surface area contributed by atoms with Gasteiger partial charge in [-0.15, -0.1) is 0 Å². The van der Waals surface area contributed by atoms with Crippen molar-refractivity contribution >= 4 is 33.0 Å². The first-order valence-corrected chi connectivity index (χ1v) is 7.27. The van der Waals surface area contributed by atoms with E-state index in [2.05, 4.69) is 4.98 Å². The maximum atomic E-state index is 12.8. The first kappa shape index (κ1) is 12.5. The smallest absolute Gasteiger partial charge is 0.231 e. The van der Waals surface area contributed by atoms with Crippen LogP contribution in [0.25, 0.3) is 33.0 Å². The molecule has 1 aliphatic rings. The molecule has 0 unspecified atom stereocenters. The molecule has 2 aromatic heterocycles. The fourth-order valence-corrected chi connectivity index (χ4v) is 2.93. The number of fused-ring (bicyclic) bond motifs is 4. The van der Waals surface area contributed by atoms with Gasteiger partial charge in [-0.05, 0) is 30.7 Å². The second-order valence-electron chi connectivity index (χ2n) is 5.67. The van der Waals surface area contributed by atoms with E-state index in [0.717, 1.165) is 16.5 Å². The Labute approximate surface area is 130 Å². The zero-order chi connectivity index (χ0) is 15.6. The lowest BCUT2D eigenvalue weighted by molar-refractivity contribution is 0.174. The number of pyridine rings is 1. The van der Waals surface area contributed by atoms with E-state index in [9.17, 15) is 4.79 Å². The van der Waals surface area contributed by atoms with Crippen molar-refractivity contribution in [3.05, 3.63) is 52.2 Å². The Bertz CT molecular complexity index is 1180. The molecule has 5 heteroatoms. The number of nitrogens with zero attached hydrogens (tertiary/aromatic N) is 1. The van der Waals surface area contributed by atoms with Gasteiger partial charge >= 0.3 is 0 Å². The predicted molar refractivity (Wildman–Crippen MR) is 86.2 cm³/mol. The van der Waals surface area contributed by atoms with Crippen LogP contribution >= 0.6 is 0 Å². The standard InChI is InChI=1S/C18H11NO4/c1-9-2-3-10-5-12-17(20)11-6-15-16(22-8-21-15)7-14(11)23-18(12)19-13(10)4-9/h2-7H,8H2,1H3. The van der Waals surface area contributed by atoms with Gasteiger partial charge in [-0.2, -0.15) is 0 Å². The van der Waals surface area contributed by atoms with Gasteiger partial charge in [0.15, 0.2) is 11.5 Å². The molecule has 0 bridgehead atoms. The topological polar surface area (TPSA) is 61.6 Å². The monoisotopic (exact) mass is 305 g/mol. The minimum atomic E-state index is -0.116. The third kappa shape index (κ3) is 1.73. The third-order valence-electron chi connectivity index (χ3n) is 4.11. The van der Waals surface area contributed by atoms with E-state index in [1.807, 2.05) is 31.2 Å². The molecule has 4 aromatic rings. The number of ether oxygens (including phenoxy) is 2. The molecule has 0 saturated carbocycles. The second-order valence-corrected chi connectivity index (χ2v) is 5.67. The summed E-state index contributed by atoms with van der Waals surface area (Å²) in [5, 5.41) is 1.85. The summed E-state index contributed by atoms with van der Waals surface area (Å²) in [5.74, 6) is 1.14. The fraction of sp³-hybridized carbons (Fsp3) is 0.111. The Kier molecular flexibility index (Phi) is 2.29. The lowest BCUT2D eigenvalue weighted by atomic mass is 10.1. The van der Waals surface area contributed by atoms with Crippen molar-refractivity contribution in [2.45, 2.75) is 6.92 Å². The molecule has 0 spiro atoms. The fourth-order valence-electron chi connectivity index (χ4n) is 2.93. The highest BCUT2D eigenvalue weighted by Gasteiger charge is 2.18. The number of hydrogen-bond acceptors (Lipinski definition) is 5. The van der Waals surface area contributed by atoms with E-state index in [-0.39, 0.29) is 12.2 Å². The van der Waals surface area contributed by atoms with Gasteiger partial charge in [0.2, 0.25) is 17.9 Å². The van der Waals surface area contributed by atoms with Crippen LogP contribution in [0, 0.1) is 6.92 Å². The first-order valence-electron chi connectivity index (χ1n) is 7.27. The van der Waals surface area contributed by atoms with Crippen LogP contribution in [0.3, 0.4) is 0 Å². The van der Waals surface area contributed by atoms with Crippen LogP contribution in [-0.2, 0) is 0 Å². The molecule has 3 heterocycles. The molecule has 0 fully saturated rings. The van der Waals surface area contributed by atoms with Crippen molar-refractivity contribution in [2.75, 3.05) is 6.79 Å². The zero-order valence-electron chi connectivity index (χ0n) is 12.3. The average Bonchev–Trinajstić information content (AvgIpc) is 2.99. The van der Waals surface area contributed by atoms with Crippen molar-refractivity contribution in [3.63, 3.8) is 0 Å². The van der Waals surface area contributed by atoms with Gasteiger partial charge < -0.3 is 13.9 Å². The quantitative estimate of drug-likeness (QED) is 0.465. The largest absolute Gasteiger partial charge is 0.454 e. The van der Waals surface area contributed by atoms with E-state index >= 15 is 0 Å². The van der Waals surface area contributed by atoms with Gasteiger partial charge in [0.25, 0.3) is 0 Å². The van der Waals surface area contributed by atoms with Crippen LogP contribution < -0.4 is 14.9 Å². The maximum Gasteiger partial charge on any atom is 0.231 e. The van der Waals surface area contributed by atoms with Crippen molar-refractivity contribution < 1.29 is 13.9 Å². The van der Waals surface area contributed by atoms with Crippen molar-refractivity contribution in [3.8, 4) is 11.5 Å². The lowest BCUT2D eigenvalue weighted by Crippen LogP contribution is -2.03. The number of aryl methyl sites for hydroxylation is 1. The molecule has 0 radical (unpaired) electrons. The van der Waals surface area contributed by atoms with Crippen LogP contribution in [-0.4, -0.2) is 11.8 Å². The summed E-state index contributed by atoms with van der Waals surface area (Å²) < 4.78 is 16.5. The van der Waals surface area contributed by atoms with Crippen LogP contribution in [0.4, 0.5) is 0 Å². The highest BCUT2D eigenvalue weighted by atomic mass is 16.7. The lowest BCUT2D eigenvalue weighted by Gasteiger charge is -2.04. The van der Waals surface area contributed by atoms with Crippen LogP contribution in [0.15, 0.2) is 45.6 Å². The molecule has 112 valence electrons. The van der Waals surface area contributed by atoms with E-state index in [1.165, 1.54) is 0 Å². The van der Waals surface area contributed by atoms with Gasteiger partial charge in [0.05, 0.1) is 16.3 Å². The van der Waals surface area contributed by atoms with Crippen LogP contribution in [0.2, 0.25) is 0 Å². The Morgan fingerprint density at radius 2 is 1.83 bits per heavy atom. The third-order valence-corrected chi connectivity index (χ3v) is 4.11. The van der Waals surface area contributed by atoms with Crippen molar-refractivity contribution in [1.29, 1.82) is 0 Å². The number of hydrogen-bond donors (Lipinski definition) is 0. The van der Waals surface area contributed by atoms with Gasteiger partial charge in [-0.3, -0.25) is 4.79 Å². The molecule has 23 heavy (non-hydrogen) atoms. The van der Waals surface area contributed by atoms with Gasteiger partial charge in [0, 0.05) is 11.5 Å². The SMILES string of the molecule is Cc1ccc2cc3c(=O)c4cc5c(cc4oc3nc2c1)OCO5. The maximum absolute atomic E-state index is 12.8. The van der Waals surface area contributed by atoms with Gasteiger partial charge in [0.1, 0.15) is 5.58 Å². The molecule has 0 atom stereocenters. The number of aromatic nitrogens is 1. The Morgan fingerprint density at radius 3 is 2.70 bits per heavy atom. The molecule has 2 aromatic carbocycles. The predicted octanol–water partition coefficient (Wildman–Crippen LogP) is 3.53. The molecule has 0 N–H and O–H groups in total. The first-order chi connectivity index (χ1) is 11.2. The van der Waals surface area contributed by atoms with Crippen molar-refractivity contribution in [1.82, 2.24) is 4.98 Å². The summed E-state index contributed by atoms with van der Waals surface area (Å²) in [4.78, 5) is 17.3. The molecule has 1 aliphatic heterocycles. The zero-order valence-corrected chi connectivity index (χ0v) is 12.3. The Balaban J connectivity index is 1.94. The summed E-state index contributed by atoms with van der Waals surface area (Å²) in [5.41, 5.74) is 2.58. The summed E-state index contributed by atoms with van der Waals surface area (Å²) in [7, 11) is 0. The molecule has 5 nitrogen and oxygen atoms in total. The van der Waals surface area contributed by atoms with Gasteiger partial charge in [-0.1, -0.05) is 12.1 Å². The Morgan fingerprint density at radius 1 is 1.00 bits per heavy atom. The van der Waals surface area contributed by atoms with E-state index < -0.39 is 0 Å². The Hall–Kier alpha value is -3.08. The highest BCUT2D eigenvalue weighted by Crippen LogP contribution is 2.36. The number of benzene rings is 2. The molecule has 0 saturated heterocycles. The molecular formula is C18H11NO4. The molecule has 0 aliphatic carbocycles. The minimum Gasteiger partial charge on any atom is -0.454 e. The summed E-state index contributed by atoms with van der Waals surface area (Å²) >= 11 is 0. The van der Waals surface area contributed by atoms with Crippen LogP contribution in [0.5, 0.6) is 11.5 Å². The normalized spacial score (nSPS) is 13.3. The second kappa shape index (κ2) is 4.23. The highest BCUT2D eigenvalue weighted by molar-refractivity contribution is 5.96. The van der Waals surface area contributed by atoms with E-state index in [0.29, 0.717) is 33.6 Å². The van der Waals surface area contributed by atoms with Crippen molar-refractivity contribution in [2.24, 2.45) is 0 Å². The molecule has 0 amide bonds. The van der Waals surface area contributed by atoms with Gasteiger partial charge in [-0.25, -0.2) is 4.98 Å². The minimum absolute atomic E-state index is 0.116. The molecule has 5 rings (SSSR count). The summed E-state index contributed by atoms with van der Waals surface area (Å²) in [6, 6.07) is 11.1.